The minimum absolute atomic E-state index is 0.179. The maximum atomic E-state index is 12.2. The Kier molecular flexibility index (Phi) is 5.35. The monoisotopic (exact) mass is 313 g/mol. The molecule has 4 heteroatoms. The number of carbonyl (C=O) groups is 1. The molecule has 1 atom stereocenters. The van der Waals surface area contributed by atoms with Gasteiger partial charge in [-0.2, -0.15) is 0 Å². The second kappa shape index (κ2) is 6.34. The zero-order valence-corrected chi connectivity index (χ0v) is 12.9. The summed E-state index contributed by atoms with van der Waals surface area (Å²) in [5.41, 5.74) is 0.0672. The highest BCUT2D eigenvalue weighted by atomic mass is 79.9. The minimum Gasteiger partial charge on any atom is -0.464 e. The van der Waals surface area contributed by atoms with Crippen LogP contribution in [0.15, 0.2) is 28.7 Å². The Morgan fingerprint density at radius 2 is 2.17 bits per heavy atom. The van der Waals surface area contributed by atoms with Crippen LogP contribution in [-0.4, -0.2) is 18.6 Å². The van der Waals surface area contributed by atoms with Gasteiger partial charge in [-0.3, -0.25) is 5.32 Å². The smallest absolute Gasteiger partial charge is 0.330 e. The molecule has 0 saturated carbocycles. The van der Waals surface area contributed by atoms with Crippen molar-refractivity contribution >= 4 is 21.9 Å². The molecule has 0 spiro atoms. The number of nitrogens with one attached hydrogen (secondary N) is 1. The van der Waals surface area contributed by atoms with Crippen LogP contribution in [0.5, 0.6) is 0 Å². The normalized spacial score (nSPS) is 14.3. The fraction of sp³-hybridized carbons (Fsp3) is 0.500. The summed E-state index contributed by atoms with van der Waals surface area (Å²) < 4.78 is 6.13. The molecular formula is C14H20BrNO2. The first-order chi connectivity index (χ1) is 8.40. The van der Waals surface area contributed by atoms with Crippen LogP contribution in [0.25, 0.3) is 0 Å². The van der Waals surface area contributed by atoms with Gasteiger partial charge in [-0.25, -0.2) is 4.79 Å². The number of carbonyl (C=O) groups excluding carboxylic acids is 1. The van der Waals surface area contributed by atoms with Crippen molar-refractivity contribution in [2.45, 2.75) is 39.3 Å². The summed E-state index contributed by atoms with van der Waals surface area (Å²) in [5.74, 6) is -0.253. The highest BCUT2D eigenvalue weighted by Gasteiger charge is 2.37. The predicted molar refractivity (Wildman–Crippen MR) is 76.4 cm³/mol. The molecule has 0 radical (unpaired) electrons. The summed E-state index contributed by atoms with van der Waals surface area (Å²) in [6.45, 7) is 8.06. The topological polar surface area (TPSA) is 38.3 Å². The van der Waals surface area contributed by atoms with Gasteiger partial charge in [0.05, 0.1) is 6.61 Å². The van der Waals surface area contributed by atoms with Crippen LogP contribution in [0.4, 0.5) is 0 Å². The van der Waals surface area contributed by atoms with E-state index >= 15 is 0 Å². The molecular weight excluding hydrogens is 294 g/mol. The number of ether oxygens (including phenoxy) is 1. The first-order valence-electron chi connectivity index (χ1n) is 6.11. The molecule has 1 unspecified atom stereocenters. The average molecular weight is 314 g/mol. The zero-order valence-electron chi connectivity index (χ0n) is 11.3. The summed E-state index contributed by atoms with van der Waals surface area (Å²) in [5, 5.41) is 3.29. The SMILES string of the molecule is CCOC(=O)C(C)(NC(C)C)c1cccc(Br)c1. The van der Waals surface area contributed by atoms with E-state index in [1.54, 1.807) is 0 Å². The third kappa shape index (κ3) is 3.56. The summed E-state index contributed by atoms with van der Waals surface area (Å²) >= 11 is 3.43. The highest BCUT2D eigenvalue weighted by Crippen LogP contribution is 2.26. The first kappa shape index (κ1) is 15.2. The molecule has 0 bridgehead atoms. The molecule has 1 rings (SSSR count). The van der Waals surface area contributed by atoms with Gasteiger partial charge >= 0.3 is 5.97 Å². The lowest BCUT2D eigenvalue weighted by atomic mass is 9.91. The van der Waals surface area contributed by atoms with E-state index in [-0.39, 0.29) is 12.0 Å². The molecule has 3 nitrogen and oxygen atoms in total. The van der Waals surface area contributed by atoms with E-state index in [2.05, 4.69) is 21.2 Å². The molecule has 0 heterocycles. The molecule has 1 aromatic rings. The molecule has 0 aliphatic rings. The van der Waals surface area contributed by atoms with E-state index < -0.39 is 5.54 Å². The van der Waals surface area contributed by atoms with Gasteiger partial charge in [-0.05, 0) is 45.4 Å². The van der Waals surface area contributed by atoms with Crippen molar-refractivity contribution < 1.29 is 9.53 Å². The maximum Gasteiger partial charge on any atom is 0.330 e. The van der Waals surface area contributed by atoms with E-state index in [1.807, 2.05) is 52.0 Å². The van der Waals surface area contributed by atoms with Gasteiger partial charge in [-0.1, -0.05) is 28.1 Å². The fourth-order valence-corrected chi connectivity index (χ4v) is 2.31. The molecule has 18 heavy (non-hydrogen) atoms. The van der Waals surface area contributed by atoms with E-state index in [4.69, 9.17) is 4.74 Å². The molecule has 100 valence electrons. The van der Waals surface area contributed by atoms with Crippen LogP contribution in [-0.2, 0) is 15.1 Å². The lowest BCUT2D eigenvalue weighted by molar-refractivity contribution is -0.151. The van der Waals surface area contributed by atoms with Crippen molar-refractivity contribution in [1.29, 1.82) is 0 Å². The summed E-state index contributed by atoms with van der Waals surface area (Å²) in [6, 6.07) is 7.89. The maximum absolute atomic E-state index is 12.2. The predicted octanol–water partition coefficient (Wildman–Crippen LogP) is 3.23. The summed E-state index contributed by atoms with van der Waals surface area (Å²) in [7, 11) is 0. The number of rotatable bonds is 5. The molecule has 1 aromatic carbocycles. The number of hydrogen-bond acceptors (Lipinski definition) is 3. The van der Waals surface area contributed by atoms with Crippen molar-refractivity contribution in [3.05, 3.63) is 34.3 Å². The van der Waals surface area contributed by atoms with Crippen LogP contribution < -0.4 is 5.32 Å². The van der Waals surface area contributed by atoms with Gasteiger partial charge in [-0.15, -0.1) is 0 Å². The van der Waals surface area contributed by atoms with Crippen molar-refractivity contribution in [3.63, 3.8) is 0 Å². The molecule has 0 aliphatic heterocycles. The summed E-state index contributed by atoms with van der Waals surface area (Å²) in [4.78, 5) is 12.2. The lowest BCUT2D eigenvalue weighted by Gasteiger charge is -2.31. The largest absolute Gasteiger partial charge is 0.464 e. The van der Waals surface area contributed by atoms with E-state index in [9.17, 15) is 4.79 Å². The van der Waals surface area contributed by atoms with Gasteiger partial charge in [0.2, 0.25) is 0 Å². The van der Waals surface area contributed by atoms with Crippen molar-refractivity contribution in [2.75, 3.05) is 6.61 Å². The molecule has 0 aromatic heterocycles. The third-order valence-electron chi connectivity index (χ3n) is 2.66. The van der Waals surface area contributed by atoms with Crippen LogP contribution in [0.2, 0.25) is 0 Å². The second-order valence-corrected chi connectivity index (χ2v) is 5.57. The Balaban J connectivity index is 3.15. The van der Waals surface area contributed by atoms with Crippen molar-refractivity contribution in [2.24, 2.45) is 0 Å². The standard InChI is InChI=1S/C14H20BrNO2/c1-5-18-13(17)14(4,16-10(2)3)11-7-6-8-12(15)9-11/h6-10,16H,5H2,1-4H3. The number of halogens is 1. The van der Waals surface area contributed by atoms with E-state index in [0.29, 0.717) is 6.61 Å². The quantitative estimate of drug-likeness (QED) is 0.848. The average Bonchev–Trinajstić information content (AvgIpc) is 2.28. The van der Waals surface area contributed by atoms with Gasteiger partial charge < -0.3 is 4.74 Å². The van der Waals surface area contributed by atoms with Crippen LogP contribution in [0, 0.1) is 0 Å². The highest BCUT2D eigenvalue weighted by molar-refractivity contribution is 9.10. The van der Waals surface area contributed by atoms with Gasteiger partial charge in [0.1, 0.15) is 5.54 Å². The van der Waals surface area contributed by atoms with Crippen LogP contribution in [0.3, 0.4) is 0 Å². The number of hydrogen-bond donors (Lipinski definition) is 1. The Labute approximate surface area is 117 Å². The van der Waals surface area contributed by atoms with Crippen LogP contribution in [0.1, 0.15) is 33.3 Å². The Morgan fingerprint density at radius 1 is 1.50 bits per heavy atom. The van der Waals surface area contributed by atoms with Gasteiger partial charge in [0.15, 0.2) is 0 Å². The molecule has 0 saturated heterocycles. The van der Waals surface area contributed by atoms with Crippen LogP contribution >= 0.6 is 15.9 Å². The van der Waals surface area contributed by atoms with Gasteiger partial charge in [0, 0.05) is 10.5 Å². The Bertz CT molecular complexity index is 420. The molecule has 0 amide bonds. The molecule has 0 fully saturated rings. The van der Waals surface area contributed by atoms with Crippen molar-refractivity contribution in [3.8, 4) is 0 Å². The van der Waals surface area contributed by atoms with Crippen molar-refractivity contribution in [1.82, 2.24) is 5.32 Å². The van der Waals surface area contributed by atoms with Gasteiger partial charge in [0.25, 0.3) is 0 Å². The first-order valence-corrected chi connectivity index (χ1v) is 6.90. The van der Waals surface area contributed by atoms with E-state index in [1.165, 1.54) is 0 Å². The second-order valence-electron chi connectivity index (χ2n) is 4.65. The minimum atomic E-state index is -0.825. The Morgan fingerprint density at radius 3 is 2.67 bits per heavy atom. The summed E-state index contributed by atoms with van der Waals surface area (Å²) in [6.07, 6.45) is 0. The van der Waals surface area contributed by atoms with E-state index in [0.717, 1.165) is 10.0 Å². The zero-order chi connectivity index (χ0) is 13.8. The Hall–Kier alpha value is -0.870. The third-order valence-corrected chi connectivity index (χ3v) is 3.16. The molecule has 1 N–H and O–H groups in total. The lowest BCUT2D eigenvalue weighted by Crippen LogP contribution is -2.50. The number of esters is 1. The fourth-order valence-electron chi connectivity index (χ4n) is 1.91. The molecule has 0 aliphatic carbocycles. The number of benzene rings is 1.